The van der Waals surface area contributed by atoms with Crippen LogP contribution in [0.3, 0.4) is 0 Å². The molecule has 0 saturated heterocycles. The Bertz CT molecular complexity index is 397. The molecule has 2 unspecified atom stereocenters. The fraction of sp³-hybridized carbons (Fsp3) is 0.500. The summed E-state index contributed by atoms with van der Waals surface area (Å²) in [6.45, 7) is 2.58. The molecule has 3 N–H and O–H groups in total. The van der Waals surface area contributed by atoms with E-state index in [9.17, 15) is 4.79 Å². The monoisotopic (exact) mass is 270 g/mol. The summed E-state index contributed by atoms with van der Waals surface area (Å²) in [5.74, 6) is -1.03. The first-order valence-electron chi connectivity index (χ1n) is 5.64. The molecule has 5 nitrogen and oxygen atoms in total. The van der Waals surface area contributed by atoms with E-state index in [0.29, 0.717) is 12.2 Å². The van der Waals surface area contributed by atoms with E-state index >= 15 is 0 Å². The van der Waals surface area contributed by atoms with Gasteiger partial charge in [0.05, 0.1) is 12.3 Å². The molecular formula is C12H18N2O3S. The summed E-state index contributed by atoms with van der Waals surface area (Å²) in [5, 5.41) is 21.3. The Balaban J connectivity index is 2.58. The largest absolute Gasteiger partial charge is 0.477 e. The fourth-order valence-electron chi connectivity index (χ4n) is 1.53. The van der Waals surface area contributed by atoms with E-state index in [1.54, 1.807) is 23.9 Å². The highest BCUT2D eigenvalue weighted by Gasteiger charge is 2.14. The Labute approximate surface area is 111 Å². The maximum absolute atomic E-state index is 10.8. The van der Waals surface area contributed by atoms with Crippen LogP contribution in [-0.2, 0) is 6.54 Å². The summed E-state index contributed by atoms with van der Waals surface area (Å²) in [5.41, 5.74) is 0.727. The van der Waals surface area contributed by atoms with Gasteiger partial charge in [-0.2, -0.15) is 11.8 Å². The van der Waals surface area contributed by atoms with Crippen LogP contribution in [0.15, 0.2) is 18.2 Å². The molecule has 0 amide bonds. The van der Waals surface area contributed by atoms with Crippen molar-refractivity contribution in [1.29, 1.82) is 0 Å². The van der Waals surface area contributed by atoms with Gasteiger partial charge in [0.25, 0.3) is 0 Å². The second kappa shape index (κ2) is 7.35. The van der Waals surface area contributed by atoms with Gasteiger partial charge in [-0.25, -0.2) is 9.78 Å². The number of carboxylic acid groups (broad SMARTS) is 1. The molecule has 0 radical (unpaired) electrons. The van der Waals surface area contributed by atoms with Gasteiger partial charge >= 0.3 is 5.97 Å². The molecule has 0 bridgehead atoms. The van der Waals surface area contributed by atoms with Gasteiger partial charge in [-0.15, -0.1) is 0 Å². The number of aliphatic hydroxyl groups excluding tert-OH is 1. The SMILES string of the molecule is CSC(CO)C(C)NCc1cccc(C(=O)O)n1. The first-order chi connectivity index (χ1) is 8.58. The van der Waals surface area contributed by atoms with E-state index in [4.69, 9.17) is 10.2 Å². The van der Waals surface area contributed by atoms with Gasteiger partial charge < -0.3 is 15.5 Å². The van der Waals surface area contributed by atoms with E-state index in [0.717, 1.165) is 0 Å². The highest BCUT2D eigenvalue weighted by atomic mass is 32.2. The second-order valence-electron chi connectivity index (χ2n) is 3.95. The van der Waals surface area contributed by atoms with Crippen molar-refractivity contribution in [3.05, 3.63) is 29.6 Å². The average molecular weight is 270 g/mol. The molecule has 0 aliphatic rings. The zero-order valence-corrected chi connectivity index (χ0v) is 11.3. The van der Waals surface area contributed by atoms with E-state index < -0.39 is 5.97 Å². The van der Waals surface area contributed by atoms with Crippen LogP contribution in [0, 0.1) is 0 Å². The fourth-order valence-corrected chi connectivity index (χ4v) is 2.18. The summed E-state index contributed by atoms with van der Waals surface area (Å²) in [4.78, 5) is 14.8. The van der Waals surface area contributed by atoms with Crippen LogP contribution in [0.2, 0.25) is 0 Å². The predicted molar refractivity (Wildman–Crippen MR) is 71.9 cm³/mol. The van der Waals surface area contributed by atoms with Crippen LogP contribution in [-0.4, -0.2) is 45.3 Å². The Morgan fingerprint density at radius 2 is 2.28 bits per heavy atom. The van der Waals surface area contributed by atoms with Crippen molar-refractivity contribution in [3.8, 4) is 0 Å². The normalized spacial score (nSPS) is 14.2. The lowest BCUT2D eigenvalue weighted by molar-refractivity contribution is 0.0690. The molecular weight excluding hydrogens is 252 g/mol. The van der Waals surface area contributed by atoms with E-state index in [1.165, 1.54) is 6.07 Å². The molecule has 2 atom stereocenters. The third-order valence-corrected chi connectivity index (χ3v) is 3.83. The van der Waals surface area contributed by atoms with Gasteiger partial charge in [-0.1, -0.05) is 6.07 Å². The molecule has 18 heavy (non-hydrogen) atoms. The number of carbonyl (C=O) groups is 1. The van der Waals surface area contributed by atoms with E-state index in [-0.39, 0.29) is 23.6 Å². The molecule has 1 aromatic heterocycles. The lowest BCUT2D eigenvalue weighted by Gasteiger charge is -2.21. The lowest BCUT2D eigenvalue weighted by Crippen LogP contribution is -2.37. The molecule has 6 heteroatoms. The minimum atomic E-state index is -1.03. The summed E-state index contributed by atoms with van der Waals surface area (Å²) in [7, 11) is 0. The number of hydrogen-bond donors (Lipinski definition) is 3. The number of rotatable bonds is 7. The molecule has 0 saturated carbocycles. The summed E-state index contributed by atoms with van der Waals surface area (Å²) in [6, 6.07) is 5.05. The van der Waals surface area contributed by atoms with E-state index in [2.05, 4.69) is 10.3 Å². The van der Waals surface area contributed by atoms with Crippen molar-refractivity contribution in [1.82, 2.24) is 10.3 Å². The molecule has 0 aliphatic heterocycles. The maximum Gasteiger partial charge on any atom is 0.354 e. The first kappa shape index (κ1) is 14.9. The predicted octanol–water partition coefficient (Wildman–Crippen LogP) is 0.982. The Hall–Kier alpha value is -1.11. The molecule has 0 spiro atoms. The van der Waals surface area contributed by atoms with Crippen molar-refractivity contribution in [3.63, 3.8) is 0 Å². The van der Waals surface area contributed by atoms with Gasteiger partial charge in [-0.3, -0.25) is 0 Å². The average Bonchev–Trinajstić information content (AvgIpc) is 2.38. The molecule has 1 heterocycles. The van der Waals surface area contributed by atoms with Crippen molar-refractivity contribution in [2.24, 2.45) is 0 Å². The highest BCUT2D eigenvalue weighted by molar-refractivity contribution is 7.99. The smallest absolute Gasteiger partial charge is 0.354 e. The quantitative estimate of drug-likeness (QED) is 0.685. The van der Waals surface area contributed by atoms with Gasteiger partial charge in [0.2, 0.25) is 0 Å². The van der Waals surface area contributed by atoms with Crippen molar-refractivity contribution in [2.45, 2.75) is 24.8 Å². The van der Waals surface area contributed by atoms with Crippen LogP contribution >= 0.6 is 11.8 Å². The van der Waals surface area contributed by atoms with Gasteiger partial charge in [-0.05, 0) is 25.3 Å². The van der Waals surface area contributed by atoms with Gasteiger partial charge in [0, 0.05) is 17.8 Å². The number of nitrogens with zero attached hydrogens (tertiary/aromatic N) is 1. The molecule has 0 fully saturated rings. The number of pyridine rings is 1. The minimum Gasteiger partial charge on any atom is -0.477 e. The standard InChI is InChI=1S/C12H18N2O3S/c1-8(11(7-15)18-2)13-6-9-4-3-5-10(14-9)12(16)17/h3-5,8,11,13,15H,6-7H2,1-2H3,(H,16,17). The minimum absolute atomic E-state index is 0.0468. The Morgan fingerprint density at radius 1 is 1.56 bits per heavy atom. The van der Waals surface area contributed by atoms with Crippen LogP contribution in [0.4, 0.5) is 0 Å². The van der Waals surface area contributed by atoms with Crippen LogP contribution in [0.1, 0.15) is 23.1 Å². The van der Waals surface area contributed by atoms with Crippen LogP contribution < -0.4 is 5.32 Å². The molecule has 0 aliphatic carbocycles. The van der Waals surface area contributed by atoms with Gasteiger partial charge in [0.1, 0.15) is 5.69 Å². The second-order valence-corrected chi connectivity index (χ2v) is 5.02. The zero-order valence-electron chi connectivity index (χ0n) is 10.5. The summed E-state index contributed by atoms with van der Waals surface area (Å²) in [6.07, 6.45) is 1.95. The van der Waals surface area contributed by atoms with E-state index in [1.807, 2.05) is 13.2 Å². The van der Waals surface area contributed by atoms with Crippen molar-refractivity contribution in [2.75, 3.05) is 12.9 Å². The number of carboxylic acids is 1. The highest BCUT2D eigenvalue weighted by Crippen LogP contribution is 2.10. The summed E-state index contributed by atoms with van der Waals surface area (Å²) >= 11 is 1.59. The molecule has 1 rings (SSSR count). The third-order valence-electron chi connectivity index (χ3n) is 2.67. The third kappa shape index (κ3) is 4.29. The number of aromatic carboxylic acids is 1. The molecule has 100 valence electrons. The maximum atomic E-state index is 10.8. The number of thioether (sulfide) groups is 1. The number of aliphatic hydroxyl groups is 1. The number of nitrogens with one attached hydrogen (secondary N) is 1. The summed E-state index contributed by atoms with van der Waals surface area (Å²) < 4.78 is 0. The van der Waals surface area contributed by atoms with Crippen LogP contribution in [0.5, 0.6) is 0 Å². The molecule has 0 aromatic carbocycles. The van der Waals surface area contributed by atoms with Gasteiger partial charge in [0.15, 0.2) is 0 Å². The van der Waals surface area contributed by atoms with Crippen molar-refractivity contribution < 1.29 is 15.0 Å². The Morgan fingerprint density at radius 3 is 2.83 bits per heavy atom. The number of aromatic nitrogens is 1. The zero-order chi connectivity index (χ0) is 13.5. The van der Waals surface area contributed by atoms with Crippen LogP contribution in [0.25, 0.3) is 0 Å². The van der Waals surface area contributed by atoms with Crippen molar-refractivity contribution >= 4 is 17.7 Å². The molecule has 1 aromatic rings. The topological polar surface area (TPSA) is 82.5 Å². The first-order valence-corrected chi connectivity index (χ1v) is 6.93. The Kier molecular flexibility index (Phi) is 6.11. The number of hydrogen-bond acceptors (Lipinski definition) is 5. The lowest BCUT2D eigenvalue weighted by atomic mass is 10.2.